The second-order valence-electron chi connectivity index (χ2n) is 8.56. The van der Waals surface area contributed by atoms with Crippen molar-refractivity contribution in [2.75, 3.05) is 19.5 Å². The minimum Gasteiger partial charge on any atom is -0.497 e. The summed E-state index contributed by atoms with van der Waals surface area (Å²) >= 11 is 7.42. The standard InChI is InChI=1S/C29H24ClN3O4S/c1-17-25(27(34)32-21-7-5-4-6-8-21)26(18-9-12-20(30)13-10-18)33-28(35)24(38-29(33)31-17)15-19-11-14-22(36-2)16-23(19)37-3/h4-16,26H,1-3H3,(H,32,34)/b24-15+. The highest BCUT2D eigenvalue weighted by Crippen LogP contribution is 2.31. The van der Waals surface area contributed by atoms with Crippen LogP contribution in [-0.2, 0) is 4.79 Å². The Hall–Kier alpha value is -4.14. The molecular formula is C29H24ClN3O4S. The number of halogens is 1. The topological polar surface area (TPSA) is 81.9 Å². The molecule has 1 aliphatic rings. The van der Waals surface area contributed by atoms with E-state index in [9.17, 15) is 9.59 Å². The van der Waals surface area contributed by atoms with Crippen molar-refractivity contribution < 1.29 is 14.3 Å². The van der Waals surface area contributed by atoms with Crippen LogP contribution in [-0.4, -0.2) is 24.7 Å². The van der Waals surface area contributed by atoms with E-state index in [1.807, 2.05) is 48.5 Å². The number of aromatic nitrogens is 1. The van der Waals surface area contributed by atoms with Crippen LogP contribution in [0.1, 0.15) is 24.1 Å². The zero-order valence-electron chi connectivity index (χ0n) is 20.9. The number of methoxy groups -OCH3 is 2. The maximum Gasteiger partial charge on any atom is 0.271 e. The molecule has 4 aromatic rings. The van der Waals surface area contributed by atoms with Crippen LogP contribution in [0.3, 0.4) is 0 Å². The first-order chi connectivity index (χ1) is 18.4. The largest absolute Gasteiger partial charge is 0.497 e. The number of fused-ring (bicyclic) bond motifs is 1. The number of thiazole rings is 1. The molecule has 5 rings (SSSR count). The Morgan fingerprint density at radius 1 is 1.05 bits per heavy atom. The Labute approximate surface area is 228 Å². The number of carbonyl (C=O) groups is 1. The Kier molecular flexibility index (Phi) is 7.18. The van der Waals surface area contributed by atoms with E-state index < -0.39 is 6.04 Å². The number of amides is 1. The van der Waals surface area contributed by atoms with Gasteiger partial charge in [0, 0.05) is 22.3 Å². The van der Waals surface area contributed by atoms with Crippen LogP contribution in [0.25, 0.3) is 6.08 Å². The second kappa shape index (κ2) is 10.7. The first-order valence-electron chi connectivity index (χ1n) is 11.8. The minimum atomic E-state index is -0.688. The molecule has 0 radical (unpaired) electrons. The van der Waals surface area contributed by atoms with Gasteiger partial charge < -0.3 is 14.8 Å². The molecule has 0 aliphatic carbocycles. The van der Waals surface area contributed by atoms with Gasteiger partial charge in [0.25, 0.3) is 11.5 Å². The van der Waals surface area contributed by atoms with Gasteiger partial charge >= 0.3 is 0 Å². The third-order valence-corrected chi connectivity index (χ3v) is 7.45. The average molecular weight is 546 g/mol. The Balaban J connectivity index is 1.67. The van der Waals surface area contributed by atoms with E-state index in [4.69, 9.17) is 21.1 Å². The summed E-state index contributed by atoms with van der Waals surface area (Å²) in [6, 6.07) is 21.0. The highest BCUT2D eigenvalue weighted by atomic mass is 35.5. The average Bonchev–Trinajstić information content (AvgIpc) is 3.23. The first-order valence-corrected chi connectivity index (χ1v) is 13.0. The molecule has 192 valence electrons. The lowest BCUT2D eigenvalue weighted by Crippen LogP contribution is -2.40. The van der Waals surface area contributed by atoms with Crippen LogP contribution in [0.4, 0.5) is 5.69 Å². The van der Waals surface area contributed by atoms with Gasteiger partial charge in [0.2, 0.25) is 0 Å². The molecule has 1 amide bonds. The number of nitrogens with zero attached hydrogens (tertiary/aromatic N) is 2. The number of para-hydroxylation sites is 1. The maximum absolute atomic E-state index is 13.9. The van der Waals surface area contributed by atoms with Crippen molar-refractivity contribution in [2.45, 2.75) is 13.0 Å². The number of rotatable bonds is 6. The van der Waals surface area contributed by atoms with Crippen molar-refractivity contribution in [1.82, 2.24) is 4.57 Å². The van der Waals surface area contributed by atoms with Gasteiger partial charge in [-0.15, -0.1) is 0 Å². The molecule has 7 nitrogen and oxygen atoms in total. The number of ether oxygens (including phenoxy) is 2. The molecule has 0 spiro atoms. The van der Waals surface area contributed by atoms with Gasteiger partial charge in [0.05, 0.1) is 36.1 Å². The summed E-state index contributed by atoms with van der Waals surface area (Å²) in [5.74, 6) is 0.889. The highest BCUT2D eigenvalue weighted by Gasteiger charge is 2.32. The van der Waals surface area contributed by atoms with Gasteiger partial charge in [-0.1, -0.05) is 53.3 Å². The quantitative estimate of drug-likeness (QED) is 0.385. The Bertz CT molecular complexity index is 1720. The number of hydrogen-bond acceptors (Lipinski definition) is 6. The maximum atomic E-state index is 13.9. The zero-order valence-corrected chi connectivity index (χ0v) is 22.5. The van der Waals surface area contributed by atoms with Crippen LogP contribution in [0.5, 0.6) is 11.5 Å². The van der Waals surface area contributed by atoms with E-state index in [0.717, 1.165) is 11.1 Å². The van der Waals surface area contributed by atoms with Crippen molar-refractivity contribution in [2.24, 2.45) is 4.99 Å². The normalized spacial score (nSPS) is 15.1. The summed E-state index contributed by atoms with van der Waals surface area (Å²) in [4.78, 5) is 32.6. The molecular weight excluding hydrogens is 522 g/mol. The number of anilines is 1. The molecule has 9 heteroatoms. The number of allylic oxidation sites excluding steroid dienone is 1. The third kappa shape index (κ3) is 4.88. The molecule has 0 saturated carbocycles. The molecule has 1 aromatic heterocycles. The predicted octanol–water partition coefficient (Wildman–Crippen LogP) is 4.54. The fraction of sp³-hybridized carbons (Fsp3) is 0.138. The molecule has 38 heavy (non-hydrogen) atoms. The van der Waals surface area contributed by atoms with Crippen molar-refractivity contribution >= 4 is 40.6 Å². The lowest BCUT2D eigenvalue weighted by molar-refractivity contribution is -0.113. The number of benzene rings is 3. The summed E-state index contributed by atoms with van der Waals surface area (Å²) in [5.41, 5.74) is 2.78. The molecule has 0 bridgehead atoms. The predicted molar refractivity (Wildman–Crippen MR) is 150 cm³/mol. The van der Waals surface area contributed by atoms with Crippen LogP contribution < -0.4 is 29.7 Å². The fourth-order valence-electron chi connectivity index (χ4n) is 4.37. The molecule has 0 saturated heterocycles. The monoisotopic (exact) mass is 545 g/mol. The van der Waals surface area contributed by atoms with Gasteiger partial charge in [-0.3, -0.25) is 14.2 Å². The van der Waals surface area contributed by atoms with Crippen molar-refractivity contribution in [3.8, 4) is 11.5 Å². The van der Waals surface area contributed by atoms with Gasteiger partial charge in [-0.25, -0.2) is 4.99 Å². The minimum absolute atomic E-state index is 0.260. The molecule has 1 atom stereocenters. The summed E-state index contributed by atoms with van der Waals surface area (Å²) in [7, 11) is 3.15. The molecule has 1 unspecified atom stereocenters. The number of nitrogens with one attached hydrogen (secondary N) is 1. The molecule has 1 aliphatic heterocycles. The summed E-state index contributed by atoms with van der Waals surface area (Å²) in [6.45, 7) is 1.78. The van der Waals surface area contributed by atoms with E-state index in [-0.39, 0.29) is 11.5 Å². The van der Waals surface area contributed by atoms with E-state index in [1.165, 1.54) is 11.3 Å². The smallest absolute Gasteiger partial charge is 0.271 e. The molecule has 1 N–H and O–H groups in total. The molecule has 2 heterocycles. The lowest BCUT2D eigenvalue weighted by Gasteiger charge is -2.25. The Morgan fingerprint density at radius 3 is 2.47 bits per heavy atom. The van der Waals surface area contributed by atoms with Crippen molar-refractivity contribution in [3.05, 3.63) is 120 Å². The van der Waals surface area contributed by atoms with Gasteiger partial charge in [0.1, 0.15) is 11.5 Å². The van der Waals surface area contributed by atoms with E-state index in [1.54, 1.807) is 56.1 Å². The van der Waals surface area contributed by atoms with E-state index in [2.05, 4.69) is 10.3 Å². The summed E-state index contributed by atoms with van der Waals surface area (Å²) in [6.07, 6.45) is 1.77. The van der Waals surface area contributed by atoms with Crippen molar-refractivity contribution in [3.63, 3.8) is 0 Å². The van der Waals surface area contributed by atoms with Crippen LogP contribution >= 0.6 is 22.9 Å². The van der Waals surface area contributed by atoms with Crippen molar-refractivity contribution in [1.29, 1.82) is 0 Å². The summed E-state index contributed by atoms with van der Waals surface area (Å²) in [5, 5.41) is 3.50. The lowest BCUT2D eigenvalue weighted by atomic mass is 9.95. The SMILES string of the molecule is COc1ccc(/C=c2/sc3n(c2=O)C(c2ccc(Cl)cc2)C(C(=O)Nc2ccccc2)=C(C)N=3)c(OC)c1. The summed E-state index contributed by atoms with van der Waals surface area (Å²) < 4.78 is 12.8. The number of hydrogen-bond donors (Lipinski definition) is 1. The fourth-order valence-corrected chi connectivity index (χ4v) is 5.53. The zero-order chi connectivity index (χ0) is 26.8. The van der Waals surface area contributed by atoms with Gasteiger partial charge in [0.15, 0.2) is 4.80 Å². The molecule has 3 aromatic carbocycles. The van der Waals surface area contributed by atoms with Crippen LogP contribution in [0, 0.1) is 0 Å². The number of carbonyl (C=O) groups excluding carboxylic acids is 1. The van der Waals surface area contributed by atoms with E-state index >= 15 is 0 Å². The Morgan fingerprint density at radius 2 is 1.79 bits per heavy atom. The van der Waals surface area contributed by atoms with Gasteiger partial charge in [-0.05, 0) is 55.0 Å². The van der Waals surface area contributed by atoms with Crippen LogP contribution in [0.2, 0.25) is 5.02 Å². The first kappa shape index (κ1) is 25.5. The van der Waals surface area contributed by atoms with Gasteiger partial charge in [-0.2, -0.15) is 0 Å². The molecule has 0 fully saturated rings. The third-order valence-electron chi connectivity index (χ3n) is 6.21. The second-order valence-corrected chi connectivity index (χ2v) is 10.0. The van der Waals surface area contributed by atoms with Crippen LogP contribution in [0.15, 0.2) is 93.9 Å². The highest BCUT2D eigenvalue weighted by molar-refractivity contribution is 7.07. The van der Waals surface area contributed by atoms with E-state index in [0.29, 0.717) is 42.8 Å².